The highest BCUT2D eigenvalue weighted by Gasteiger charge is 2.37. The van der Waals surface area contributed by atoms with Gasteiger partial charge in [0, 0.05) is 25.8 Å². The van der Waals surface area contributed by atoms with Gasteiger partial charge in [-0.25, -0.2) is 0 Å². The molecular weight excluding hydrogens is 300 g/mol. The number of piperidine rings is 2. The van der Waals surface area contributed by atoms with Crippen molar-refractivity contribution in [2.75, 3.05) is 26.2 Å². The number of carbonyl (C=O) groups is 1. The maximum atomic E-state index is 12.9. The topological polar surface area (TPSA) is 50.2 Å². The first-order valence-corrected chi connectivity index (χ1v) is 9.46. The number of hydrogen-bond acceptors (Lipinski definition) is 3. The number of amides is 1. The number of carbonyl (C=O) groups excluding carboxylic acids is 1. The van der Waals surface area contributed by atoms with Crippen LogP contribution in [0.2, 0.25) is 0 Å². The van der Waals surface area contributed by atoms with E-state index in [9.17, 15) is 4.79 Å². The van der Waals surface area contributed by atoms with Gasteiger partial charge in [-0.3, -0.25) is 9.48 Å². The molecule has 2 saturated heterocycles. The minimum atomic E-state index is 0.117. The van der Waals surface area contributed by atoms with Crippen LogP contribution in [-0.2, 0) is 0 Å². The third-order valence-electron chi connectivity index (χ3n) is 5.98. The molecule has 1 N–H and O–H groups in total. The summed E-state index contributed by atoms with van der Waals surface area (Å²) in [6.07, 6.45) is 14.8. The van der Waals surface area contributed by atoms with Gasteiger partial charge in [-0.05, 0) is 63.0 Å². The van der Waals surface area contributed by atoms with E-state index in [1.165, 1.54) is 19.3 Å². The average molecular weight is 328 g/mol. The molecule has 130 valence electrons. The van der Waals surface area contributed by atoms with Crippen LogP contribution < -0.4 is 5.32 Å². The fourth-order valence-corrected chi connectivity index (χ4v) is 4.57. The molecule has 4 rings (SSSR count). The molecule has 3 heterocycles. The van der Waals surface area contributed by atoms with E-state index in [0.29, 0.717) is 17.2 Å². The van der Waals surface area contributed by atoms with Crippen LogP contribution in [0.3, 0.4) is 0 Å². The first-order chi connectivity index (χ1) is 11.8. The van der Waals surface area contributed by atoms with Crippen LogP contribution in [0.1, 0.15) is 61.5 Å². The second-order valence-electron chi connectivity index (χ2n) is 7.73. The molecule has 2 aliphatic heterocycles. The van der Waals surface area contributed by atoms with Gasteiger partial charge < -0.3 is 10.2 Å². The Bertz CT molecular complexity index is 617. The molecule has 0 bridgehead atoms. The van der Waals surface area contributed by atoms with Crippen LogP contribution in [0, 0.1) is 5.41 Å². The summed E-state index contributed by atoms with van der Waals surface area (Å²) in [6.45, 7) is 3.82. The van der Waals surface area contributed by atoms with Gasteiger partial charge >= 0.3 is 0 Å². The van der Waals surface area contributed by atoms with Gasteiger partial charge in [0.05, 0.1) is 6.04 Å². The van der Waals surface area contributed by atoms with Gasteiger partial charge in [-0.15, -0.1) is 0 Å². The predicted octanol–water partition coefficient (Wildman–Crippen LogP) is 2.77. The summed E-state index contributed by atoms with van der Waals surface area (Å²) in [7, 11) is 0. The molecule has 1 aromatic rings. The SMILES string of the molecule is O=C(c1ccn(C2CCCNC2)n1)N1CCCC2(CC=CCC2)C1. The van der Waals surface area contributed by atoms with Crippen LogP contribution in [0.15, 0.2) is 24.4 Å². The predicted molar refractivity (Wildman–Crippen MR) is 93.9 cm³/mol. The highest BCUT2D eigenvalue weighted by molar-refractivity contribution is 5.92. The number of allylic oxidation sites excluding steroid dienone is 2. The Kier molecular flexibility index (Phi) is 4.44. The van der Waals surface area contributed by atoms with E-state index in [2.05, 4.69) is 27.5 Å². The molecule has 1 spiro atoms. The van der Waals surface area contributed by atoms with Crippen LogP contribution >= 0.6 is 0 Å². The molecule has 3 aliphatic rings. The van der Waals surface area contributed by atoms with Crippen LogP contribution in [0.25, 0.3) is 0 Å². The zero-order valence-electron chi connectivity index (χ0n) is 14.4. The molecule has 24 heavy (non-hydrogen) atoms. The van der Waals surface area contributed by atoms with E-state index in [1.807, 2.05) is 16.9 Å². The number of nitrogens with zero attached hydrogens (tertiary/aromatic N) is 3. The third kappa shape index (κ3) is 3.14. The molecule has 2 fully saturated rings. The quantitative estimate of drug-likeness (QED) is 0.849. The van der Waals surface area contributed by atoms with Gasteiger partial charge in [0.1, 0.15) is 5.69 Å². The van der Waals surface area contributed by atoms with Gasteiger partial charge in [0.15, 0.2) is 0 Å². The second kappa shape index (κ2) is 6.71. The molecule has 2 unspecified atom stereocenters. The van der Waals surface area contributed by atoms with Crippen molar-refractivity contribution in [1.29, 1.82) is 0 Å². The van der Waals surface area contributed by atoms with Crippen molar-refractivity contribution < 1.29 is 4.79 Å². The van der Waals surface area contributed by atoms with Gasteiger partial charge in [-0.2, -0.15) is 5.10 Å². The minimum absolute atomic E-state index is 0.117. The number of nitrogens with one attached hydrogen (secondary N) is 1. The van der Waals surface area contributed by atoms with E-state index in [-0.39, 0.29) is 5.91 Å². The number of rotatable bonds is 2. The van der Waals surface area contributed by atoms with Crippen molar-refractivity contribution in [3.63, 3.8) is 0 Å². The fourth-order valence-electron chi connectivity index (χ4n) is 4.57. The molecule has 5 nitrogen and oxygen atoms in total. The van der Waals surface area contributed by atoms with Crippen molar-refractivity contribution >= 4 is 5.91 Å². The molecule has 0 saturated carbocycles. The Balaban J connectivity index is 1.45. The highest BCUT2D eigenvalue weighted by atomic mass is 16.2. The monoisotopic (exact) mass is 328 g/mol. The summed E-state index contributed by atoms with van der Waals surface area (Å²) >= 11 is 0. The van der Waals surface area contributed by atoms with E-state index >= 15 is 0 Å². The first-order valence-electron chi connectivity index (χ1n) is 9.46. The van der Waals surface area contributed by atoms with Gasteiger partial charge in [0.25, 0.3) is 5.91 Å². The summed E-state index contributed by atoms with van der Waals surface area (Å²) in [6, 6.07) is 2.29. The maximum absolute atomic E-state index is 12.9. The van der Waals surface area contributed by atoms with E-state index in [0.717, 1.165) is 51.9 Å². The smallest absolute Gasteiger partial charge is 0.274 e. The lowest BCUT2D eigenvalue weighted by Gasteiger charge is -2.43. The molecule has 0 aromatic carbocycles. The van der Waals surface area contributed by atoms with Crippen molar-refractivity contribution in [3.8, 4) is 0 Å². The summed E-state index contributed by atoms with van der Waals surface area (Å²) in [5.41, 5.74) is 0.933. The Hall–Kier alpha value is -1.62. The Morgan fingerprint density at radius 3 is 3.04 bits per heavy atom. The minimum Gasteiger partial charge on any atom is -0.337 e. The van der Waals surface area contributed by atoms with Crippen molar-refractivity contribution in [1.82, 2.24) is 20.0 Å². The fraction of sp³-hybridized carbons (Fsp3) is 0.684. The Morgan fingerprint density at radius 1 is 1.29 bits per heavy atom. The molecule has 1 aromatic heterocycles. The first kappa shape index (κ1) is 15.9. The zero-order chi connectivity index (χ0) is 16.4. The third-order valence-corrected chi connectivity index (χ3v) is 5.98. The molecular formula is C19H28N4O. The van der Waals surface area contributed by atoms with Crippen LogP contribution in [0.4, 0.5) is 0 Å². The summed E-state index contributed by atoms with van der Waals surface area (Å²) in [5, 5.41) is 8.03. The molecule has 1 aliphatic carbocycles. The van der Waals surface area contributed by atoms with Crippen LogP contribution in [-0.4, -0.2) is 46.8 Å². The molecule has 1 amide bonds. The van der Waals surface area contributed by atoms with Crippen molar-refractivity contribution in [3.05, 3.63) is 30.1 Å². The van der Waals surface area contributed by atoms with Crippen molar-refractivity contribution in [2.45, 2.75) is 51.0 Å². The Labute approximate surface area is 144 Å². The van der Waals surface area contributed by atoms with E-state index in [4.69, 9.17) is 0 Å². The number of aromatic nitrogens is 2. The molecule has 0 radical (unpaired) electrons. The number of likely N-dealkylation sites (tertiary alicyclic amines) is 1. The molecule has 5 heteroatoms. The maximum Gasteiger partial charge on any atom is 0.274 e. The summed E-state index contributed by atoms with van der Waals surface area (Å²) < 4.78 is 1.99. The standard InChI is InChI=1S/C19H28N4O/c24-18(17-7-13-23(21-17)16-6-4-11-20-14-16)22-12-5-10-19(15-22)8-2-1-3-9-19/h1-2,7,13,16,20H,3-6,8-12,14-15H2. The lowest BCUT2D eigenvalue weighted by Crippen LogP contribution is -2.46. The van der Waals surface area contributed by atoms with Crippen LogP contribution in [0.5, 0.6) is 0 Å². The van der Waals surface area contributed by atoms with Gasteiger partial charge in [-0.1, -0.05) is 12.2 Å². The zero-order valence-corrected chi connectivity index (χ0v) is 14.4. The van der Waals surface area contributed by atoms with E-state index < -0.39 is 0 Å². The lowest BCUT2D eigenvalue weighted by atomic mass is 9.71. The van der Waals surface area contributed by atoms with E-state index in [1.54, 1.807) is 0 Å². The summed E-state index contributed by atoms with van der Waals surface area (Å²) in [4.78, 5) is 15.0. The average Bonchev–Trinajstić information content (AvgIpc) is 3.13. The second-order valence-corrected chi connectivity index (χ2v) is 7.73. The lowest BCUT2D eigenvalue weighted by molar-refractivity contribution is 0.0478. The normalized spacial score (nSPS) is 30.7. The largest absolute Gasteiger partial charge is 0.337 e. The van der Waals surface area contributed by atoms with Crippen molar-refractivity contribution in [2.24, 2.45) is 5.41 Å². The highest BCUT2D eigenvalue weighted by Crippen LogP contribution is 2.41. The summed E-state index contributed by atoms with van der Waals surface area (Å²) in [5.74, 6) is 0.117. The Morgan fingerprint density at radius 2 is 2.25 bits per heavy atom. The molecule has 2 atom stereocenters. The number of hydrogen-bond donors (Lipinski definition) is 1. The van der Waals surface area contributed by atoms with Gasteiger partial charge in [0.2, 0.25) is 0 Å².